The van der Waals surface area contributed by atoms with E-state index in [-0.39, 0.29) is 5.56 Å². The molecule has 3 nitrogen and oxygen atoms in total. The van der Waals surface area contributed by atoms with Gasteiger partial charge in [0.15, 0.2) is 0 Å². The van der Waals surface area contributed by atoms with Crippen LogP contribution < -0.4 is 4.74 Å². The first-order valence-corrected chi connectivity index (χ1v) is 4.68. The minimum absolute atomic E-state index is 0.246. The van der Waals surface area contributed by atoms with Crippen molar-refractivity contribution >= 4 is 17.4 Å². The van der Waals surface area contributed by atoms with Crippen LogP contribution in [0.3, 0.4) is 0 Å². The standard InChI is InChI=1S/C11H10ClNO2/c1-6-4-9(15-3)10(8(14)5-13)7(2)11(6)12/h4H,1-3H3. The molecule has 0 bridgehead atoms. The zero-order valence-corrected chi connectivity index (χ0v) is 9.47. The zero-order valence-electron chi connectivity index (χ0n) is 8.72. The Morgan fingerprint density at radius 2 is 2.13 bits per heavy atom. The van der Waals surface area contributed by atoms with Crippen LogP contribution >= 0.6 is 11.6 Å². The van der Waals surface area contributed by atoms with Crippen molar-refractivity contribution in [2.24, 2.45) is 0 Å². The topological polar surface area (TPSA) is 50.1 Å². The molecule has 0 amide bonds. The molecule has 0 spiro atoms. The van der Waals surface area contributed by atoms with Crippen LogP contribution in [0.1, 0.15) is 21.5 Å². The summed E-state index contributed by atoms with van der Waals surface area (Å²) in [5, 5.41) is 9.09. The summed E-state index contributed by atoms with van der Waals surface area (Å²) in [5.74, 6) is -0.243. The zero-order chi connectivity index (χ0) is 11.6. The molecule has 0 saturated heterocycles. The third-order valence-electron chi connectivity index (χ3n) is 2.19. The number of carbonyl (C=O) groups excluding carboxylic acids is 1. The molecule has 15 heavy (non-hydrogen) atoms. The summed E-state index contributed by atoms with van der Waals surface area (Å²) >= 11 is 6.00. The van der Waals surface area contributed by atoms with E-state index in [0.29, 0.717) is 16.3 Å². The average Bonchev–Trinajstić information content (AvgIpc) is 2.24. The van der Waals surface area contributed by atoms with Crippen molar-refractivity contribution in [2.75, 3.05) is 7.11 Å². The van der Waals surface area contributed by atoms with Crippen LogP contribution in [0.25, 0.3) is 0 Å². The second kappa shape index (κ2) is 4.33. The van der Waals surface area contributed by atoms with Gasteiger partial charge in [0, 0.05) is 5.02 Å². The molecule has 0 radical (unpaired) electrons. The number of ketones is 1. The Morgan fingerprint density at radius 1 is 1.53 bits per heavy atom. The molecule has 0 N–H and O–H groups in total. The van der Waals surface area contributed by atoms with Crippen LogP contribution in [0.15, 0.2) is 6.07 Å². The number of rotatable bonds is 2. The first kappa shape index (κ1) is 11.5. The largest absolute Gasteiger partial charge is 0.496 e. The Bertz CT molecular complexity index is 461. The van der Waals surface area contributed by atoms with E-state index in [2.05, 4.69) is 0 Å². The van der Waals surface area contributed by atoms with Crippen molar-refractivity contribution in [1.29, 1.82) is 5.26 Å². The minimum atomic E-state index is -0.633. The van der Waals surface area contributed by atoms with Crippen molar-refractivity contribution in [3.8, 4) is 11.8 Å². The van der Waals surface area contributed by atoms with Gasteiger partial charge in [-0.05, 0) is 31.0 Å². The summed E-state index contributed by atoms with van der Waals surface area (Å²) < 4.78 is 5.05. The molecule has 78 valence electrons. The Kier molecular flexibility index (Phi) is 3.33. The number of nitriles is 1. The number of nitrogens with zero attached hydrogens (tertiary/aromatic N) is 1. The summed E-state index contributed by atoms with van der Waals surface area (Å²) in [6.45, 7) is 3.51. The fourth-order valence-corrected chi connectivity index (χ4v) is 1.57. The van der Waals surface area contributed by atoms with Crippen molar-refractivity contribution in [1.82, 2.24) is 0 Å². The van der Waals surface area contributed by atoms with Crippen molar-refractivity contribution in [3.05, 3.63) is 27.8 Å². The van der Waals surface area contributed by atoms with Gasteiger partial charge in [0.2, 0.25) is 0 Å². The lowest BCUT2D eigenvalue weighted by Crippen LogP contribution is -2.03. The molecule has 4 heteroatoms. The maximum absolute atomic E-state index is 11.4. The van der Waals surface area contributed by atoms with Crippen LogP contribution in [-0.2, 0) is 0 Å². The molecule has 1 aromatic carbocycles. The summed E-state index contributed by atoms with van der Waals surface area (Å²) in [6, 6.07) is 3.22. The van der Waals surface area contributed by atoms with Crippen LogP contribution in [0.5, 0.6) is 5.75 Å². The maximum atomic E-state index is 11.4. The average molecular weight is 224 g/mol. The van der Waals surface area contributed by atoms with Gasteiger partial charge < -0.3 is 4.74 Å². The number of ether oxygens (including phenoxy) is 1. The molecule has 0 aliphatic rings. The summed E-state index contributed by atoms with van der Waals surface area (Å²) in [6.07, 6.45) is 0. The monoisotopic (exact) mass is 223 g/mol. The maximum Gasteiger partial charge on any atom is 0.266 e. The first-order valence-electron chi connectivity index (χ1n) is 4.31. The van der Waals surface area contributed by atoms with Gasteiger partial charge in [0.05, 0.1) is 12.7 Å². The molecule has 0 aliphatic heterocycles. The summed E-state index contributed by atoms with van der Waals surface area (Å²) in [5.41, 5.74) is 1.65. The highest BCUT2D eigenvalue weighted by Crippen LogP contribution is 2.31. The van der Waals surface area contributed by atoms with E-state index in [0.717, 1.165) is 5.56 Å². The minimum Gasteiger partial charge on any atom is -0.496 e. The van der Waals surface area contributed by atoms with E-state index < -0.39 is 5.78 Å². The quantitative estimate of drug-likeness (QED) is 0.572. The van der Waals surface area contributed by atoms with Gasteiger partial charge in [-0.3, -0.25) is 4.79 Å². The second-order valence-corrected chi connectivity index (χ2v) is 3.53. The highest BCUT2D eigenvalue weighted by Gasteiger charge is 2.18. The number of Topliss-reactive ketones (excluding diaryl/α,β-unsaturated/α-hetero) is 1. The molecular weight excluding hydrogens is 214 g/mol. The van der Waals surface area contributed by atoms with Gasteiger partial charge in [-0.15, -0.1) is 0 Å². The fraction of sp³-hybridized carbons (Fsp3) is 0.273. The Labute approximate surface area is 93.2 Å². The summed E-state index contributed by atoms with van der Waals surface area (Å²) in [7, 11) is 1.45. The number of halogens is 1. The van der Waals surface area contributed by atoms with Crippen LogP contribution in [0.4, 0.5) is 0 Å². The fourth-order valence-electron chi connectivity index (χ4n) is 1.42. The first-order chi connectivity index (χ1) is 7.02. The van der Waals surface area contributed by atoms with Gasteiger partial charge in [-0.2, -0.15) is 5.26 Å². The lowest BCUT2D eigenvalue weighted by atomic mass is 10.0. The van der Waals surface area contributed by atoms with Crippen molar-refractivity contribution in [2.45, 2.75) is 13.8 Å². The third kappa shape index (κ3) is 1.95. The molecule has 0 saturated carbocycles. The van der Waals surface area contributed by atoms with Gasteiger partial charge >= 0.3 is 0 Å². The van der Waals surface area contributed by atoms with E-state index in [9.17, 15) is 4.79 Å². The molecule has 1 aromatic rings. The molecule has 0 heterocycles. The number of hydrogen-bond donors (Lipinski definition) is 0. The number of benzene rings is 1. The molecule has 0 aliphatic carbocycles. The molecular formula is C11H10ClNO2. The van der Waals surface area contributed by atoms with Gasteiger partial charge in [0.25, 0.3) is 5.78 Å². The SMILES string of the molecule is COc1cc(C)c(Cl)c(C)c1C(=O)C#N. The van der Waals surface area contributed by atoms with Crippen LogP contribution in [0.2, 0.25) is 5.02 Å². The normalized spacial score (nSPS) is 9.53. The number of hydrogen-bond acceptors (Lipinski definition) is 3. The lowest BCUT2D eigenvalue weighted by Gasteiger charge is -2.11. The molecule has 0 fully saturated rings. The Hall–Kier alpha value is -1.53. The highest BCUT2D eigenvalue weighted by molar-refractivity contribution is 6.33. The smallest absolute Gasteiger partial charge is 0.266 e. The van der Waals surface area contributed by atoms with E-state index in [1.54, 1.807) is 19.1 Å². The van der Waals surface area contributed by atoms with E-state index >= 15 is 0 Å². The molecule has 0 aromatic heterocycles. The van der Waals surface area contributed by atoms with Crippen molar-refractivity contribution in [3.63, 3.8) is 0 Å². The van der Waals surface area contributed by atoms with Gasteiger partial charge in [0.1, 0.15) is 11.8 Å². The van der Waals surface area contributed by atoms with E-state index in [1.807, 2.05) is 6.92 Å². The van der Waals surface area contributed by atoms with Gasteiger partial charge in [-0.1, -0.05) is 11.6 Å². The predicted octanol–water partition coefficient (Wildman–Crippen LogP) is 2.67. The van der Waals surface area contributed by atoms with E-state index in [4.69, 9.17) is 21.6 Å². The molecule has 1 rings (SSSR count). The van der Waals surface area contributed by atoms with Crippen molar-refractivity contribution < 1.29 is 9.53 Å². The van der Waals surface area contributed by atoms with Gasteiger partial charge in [-0.25, -0.2) is 0 Å². The number of methoxy groups -OCH3 is 1. The van der Waals surface area contributed by atoms with Crippen LogP contribution in [-0.4, -0.2) is 12.9 Å². The highest BCUT2D eigenvalue weighted by atomic mass is 35.5. The summed E-state index contributed by atoms with van der Waals surface area (Å²) in [4.78, 5) is 11.4. The lowest BCUT2D eigenvalue weighted by molar-refractivity contribution is 0.105. The molecule has 0 atom stereocenters. The molecule has 0 unspecified atom stereocenters. The Balaban J connectivity index is 3.56. The number of carbonyl (C=O) groups is 1. The predicted molar refractivity (Wildman–Crippen MR) is 57.4 cm³/mol. The third-order valence-corrected chi connectivity index (χ3v) is 2.77. The number of aryl methyl sites for hydroxylation is 1. The Morgan fingerprint density at radius 3 is 2.60 bits per heavy atom. The van der Waals surface area contributed by atoms with Crippen LogP contribution in [0, 0.1) is 25.2 Å². The second-order valence-electron chi connectivity index (χ2n) is 3.15. The van der Waals surface area contributed by atoms with E-state index in [1.165, 1.54) is 7.11 Å².